The summed E-state index contributed by atoms with van der Waals surface area (Å²) < 4.78 is 39.8. The normalized spacial score (nSPS) is 40.7. The molecule has 0 bridgehead atoms. The van der Waals surface area contributed by atoms with Gasteiger partial charge in [-0.1, -0.05) is 77.7 Å². The van der Waals surface area contributed by atoms with Gasteiger partial charge in [-0.05, 0) is 91.8 Å². The Labute approximate surface area is 194 Å². The first-order chi connectivity index (χ1) is 14.8. The first-order valence-corrected chi connectivity index (χ1v) is 13.3. The van der Waals surface area contributed by atoms with Gasteiger partial charge in [0.1, 0.15) is 0 Å². The number of hydrogen-bond acceptors (Lipinski definition) is 0. The zero-order chi connectivity index (χ0) is 23.5. The standard InChI is InChI=1S/C29H45F3/c1-19-13-16-27(5)21(18-19)9-10-22-24-12-11-23(28(24,6)17-14-25(22)27)20(2)8-7-15-26(3,4)29(30,31)32/h9-10,19-20,23-25H,7-8,11-18H2,1-6H3. The SMILES string of the molecule is CC1CCC2(C)C(=CC=C3C2CCC2(C)C3CCC2C(C)CCCC(C)(C)C(F)(F)F)C1. The molecule has 7 atom stereocenters. The van der Waals surface area contributed by atoms with E-state index in [4.69, 9.17) is 0 Å². The molecule has 0 aromatic heterocycles. The lowest BCUT2D eigenvalue weighted by molar-refractivity contribution is -0.214. The third kappa shape index (κ3) is 3.92. The van der Waals surface area contributed by atoms with Crippen molar-refractivity contribution < 1.29 is 13.2 Å². The highest BCUT2D eigenvalue weighted by atomic mass is 19.4. The number of alkyl halides is 3. The van der Waals surface area contributed by atoms with Crippen molar-refractivity contribution in [3.05, 3.63) is 23.3 Å². The predicted molar refractivity (Wildman–Crippen MR) is 127 cm³/mol. The highest BCUT2D eigenvalue weighted by Gasteiger charge is 2.57. The van der Waals surface area contributed by atoms with E-state index >= 15 is 0 Å². The van der Waals surface area contributed by atoms with Crippen LogP contribution in [0.2, 0.25) is 0 Å². The molecule has 4 aliphatic rings. The van der Waals surface area contributed by atoms with Crippen molar-refractivity contribution in [2.45, 2.75) is 112 Å². The molecule has 0 aromatic rings. The molecule has 0 N–H and O–H groups in total. The average Bonchev–Trinajstić information content (AvgIpc) is 3.04. The molecule has 182 valence electrons. The van der Waals surface area contributed by atoms with Gasteiger partial charge in [0.2, 0.25) is 0 Å². The van der Waals surface area contributed by atoms with Gasteiger partial charge in [0, 0.05) is 0 Å². The van der Waals surface area contributed by atoms with Crippen LogP contribution in [-0.4, -0.2) is 6.18 Å². The average molecular weight is 451 g/mol. The molecular formula is C29H45F3. The van der Waals surface area contributed by atoms with Gasteiger partial charge < -0.3 is 0 Å². The van der Waals surface area contributed by atoms with Crippen molar-refractivity contribution >= 4 is 0 Å². The summed E-state index contributed by atoms with van der Waals surface area (Å²) in [6.45, 7) is 12.5. The fourth-order valence-electron chi connectivity index (χ4n) is 8.37. The monoisotopic (exact) mass is 450 g/mol. The minimum Gasteiger partial charge on any atom is -0.171 e. The number of halogens is 3. The minimum absolute atomic E-state index is 0.241. The Morgan fingerprint density at radius 3 is 2.41 bits per heavy atom. The smallest absolute Gasteiger partial charge is 0.171 e. The van der Waals surface area contributed by atoms with E-state index in [1.54, 1.807) is 11.1 Å². The first kappa shape index (κ1) is 24.4. The van der Waals surface area contributed by atoms with E-state index in [0.717, 1.165) is 18.3 Å². The predicted octanol–water partition coefficient (Wildman–Crippen LogP) is 9.52. The lowest BCUT2D eigenvalue weighted by atomic mass is 9.49. The van der Waals surface area contributed by atoms with Crippen LogP contribution in [0, 0.1) is 45.8 Å². The molecule has 4 rings (SSSR count). The van der Waals surface area contributed by atoms with Gasteiger partial charge in [0.05, 0.1) is 5.41 Å². The molecule has 0 amide bonds. The van der Waals surface area contributed by atoms with Gasteiger partial charge in [-0.25, -0.2) is 0 Å². The second-order valence-electron chi connectivity index (χ2n) is 13.2. The van der Waals surface area contributed by atoms with Crippen LogP contribution < -0.4 is 0 Å². The Kier molecular flexibility index (Phi) is 6.24. The van der Waals surface area contributed by atoms with Crippen LogP contribution in [0.4, 0.5) is 13.2 Å². The fourth-order valence-corrected chi connectivity index (χ4v) is 8.37. The molecular weight excluding hydrogens is 405 g/mol. The Bertz CT molecular complexity index is 772. The molecule has 3 fully saturated rings. The van der Waals surface area contributed by atoms with Crippen molar-refractivity contribution in [3.63, 3.8) is 0 Å². The number of hydrogen-bond donors (Lipinski definition) is 0. The van der Waals surface area contributed by atoms with E-state index in [1.165, 1.54) is 58.8 Å². The maximum absolute atomic E-state index is 13.3. The van der Waals surface area contributed by atoms with Gasteiger partial charge in [0.15, 0.2) is 0 Å². The summed E-state index contributed by atoms with van der Waals surface area (Å²) in [5, 5.41) is 0. The lowest BCUT2D eigenvalue weighted by Gasteiger charge is -2.55. The van der Waals surface area contributed by atoms with Crippen molar-refractivity contribution in [2.24, 2.45) is 45.8 Å². The lowest BCUT2D eigenvalue weighted by Crippen LogP contribution is -2.46. The van der Waals surface area contributed by atoms with Gasteiger partial charge in [-0.15, -0.1) is 0 Å². The van der Waals surface area contributed by atoms with Crippen LogP contribution in [0.1, 0.15) is 106 Å². The Balaban J connectivity index is 1.46. The largest absolute Gasteiger partial charge is 0.393 e. The summed E-state index contributed by atoms with van der Waals surface area (Å²) in [7, 11) is 0. The third-order valence-corrected chi connectivity index (χ3v) is 10.8. The topological polar surface area (TPSA) is 0 Å². The third-order valence-electron chi connectivity index (χ3n) is 10.8. The molecule has 7 unspecified atom stereocenters. The van der Waals surface area contributed by atoms with Crippen LogP contribution in [0.3, 0.4) is 0 Å². The Morgan fingerprint density at radius 2 is 1.72 bits per heavy atom. The molecule has 0 spiro atoms. The number of allylic oxidation sites excluding steroid dienone is 4. The van der Waals surface area contributed by atoms with E-state index in [9.17, 15) is 13.2 Å². The zero-order valence-electron chi connectivity index (χ0n) is 21.2. The maximum Gasteiger partial charge on any atom is 0.393 e. The van der Waals surface area contributed by atoms with Crippen LogP contribution in [-0.2, 0) is 0 Å². The second-order valence-corrected chi connectivity index (χ2v) is 13.2. The molecule has 4 aliphatic carbocycles. The van der Waals surface area contributed by atoms with Crippen molar-refractivity contribution in [1.29, 1.82) is 0 Å². The molecule has 0 nitrogen and oxygen atoms in total. The first-order valence-electron chi connectivity index (χ1n) is 13.3. The molecule has 0 saturated heterocycles. The van der Waals surface area contributed by atoms with Crippen molar-refractivity contribution in [2.75, 3.05) is 0 Å². The molecule has 3 saturated carbocycles. The van der Waals surface area contributed by atoms with Crippen molar-refractivity contribution in [3.8, 4) is 0 Å². The van der Waals surface area contributed by atoms with E-state index in [0.29, 0.717) is 35.0 Å². The van der Waals surface area contributed by atoms with Gasteiger partial charge in [-0.2, -0.15) is 13.2 Å². The van der Waals surface area contributed by atoms with E-state index in [-0.39, 0.29) is 6.42 Å². The summed E-state index contributed by atoms with van der Waals surface area (Å²) >= 11 is 0. The molecule has 32 heavy (non-hydrogen) atoms. The van der Waals surface area contributed by atoms with Crippen LogP contribution in [0.5, 0.6) is 0 Å². The Morgan fingerprint density at radius 1 is 1.00 bits per heavy atom. The molecule has 0 heterocycles. The van der Waals surface area contributed by atoms with Crippen LogP contribution in [0.25, 0.3) is 0 Å². The van der Waals surface area contributed by atoms with Crippen LogP contribution >= 0.6 is 0 Å². The summed E-state index contributed by atoms with van der Waals surface area (Å²) in [6, 6.07) is 0. The van der Waals surface area contributed by atoms with Crippen LogP contribution in [0.15, 0.2) is 23.3 Å². The quantitative estimate of drug-likeness (QED) is 0.391. The van der Waals surface area contributed by atoms with Crippen molar-refractivity contribution in [1.82, 2.24) is 0 Å². The molecule has 0 aromatic carbocycles. The maximum atomic E-state index is 13.3. The summed E-state index contributed by atoms with van der Waals surface area (Å²) in [6.07, 6.45) is 11.8. The second kappa shape index (κ2) is 8.19. The highest BCUT2D eigenvalue weighted by molar-refractivity contribution is 5.38. The number of rotatable bonds is 5. The molecule has 3 heteroatoms. The Hall–Kier alpha value is -0.730. The van der Waals surface area contributed by atoms with Gasteiger partial charge in [0.25, 0.3) is 0 Å². The van der Waals surface area contributed by atoms with Gasteiger partial charge in [-0.3, -0.25) is 0 Å². The van der Waals surface area contributed by atoms with E-state index in [2.05, 4.69) is 39.8 Å². The number of fused-ring (bicyclic) bond motifs is 5. The summed E-state index contributed by atoms with van der Waals surface area (Å²) in [4.78, 5) is 0. The minimum atomic E-state index is -4.11. The van der Waals surface area contributed by atoms with E-state index < -0.39 is 11.6 Å². The molecule has 0 aliphatic heterocycles. The molecule has 0 radical (unpaired) electrons. The fraction of sp³-hybridized carbons (Fsp3) is 0.862. The van der Waals surface area contributed by atoms with Gasteiger partial charge >= 0.3 is 6.18 Å². The zero-order valence-corrected chi connectivity index (χ0v) is 21.2. The highest BCUT2D eigenvalue weighted by Crippen LogP contribution is 2.66. The van der Waals surface area contributed by atoms with E-state index in [1.807, 2.05) is 0 Å². The summed E-state index contributed by atoms with van der Waals surface area (Å²) in [5.74, 6) is 3.36. The summed E-state index contributed by atoms with van der Waals surface area (Å²) in [5.41, 5.74) is 2.54.